The molecule has 1 N–H and O–H groups in total. The van der Waals surface area contributed by atoms with Gasteiger partial charge in [0.2, 0.25) is 15.8 Å². The molecule has 7 heteroatoms. The summed E-state index contributed by atoms with van der Waals surface area (Å²) in [5.74, 6) is -1.19. The van der Waals surface area contributed by atoms with Crippen molar-refractivity contribution in [1.29, 1.82) is 0 Å². The minimum Gasteiger partial charge on any atom is -0.453 e. The molecule has 2 aromatic rings. The highest BCUT2D eigenvalue weighted by atomic mass is 32.2. The van der Waals surface area contributed by atoms with Crippen LogP contribution < -0.4 is 4.72 Å². The Balaban J connectivity index is 1.86. The third-order valence-electron chi connectivity index (χ3n) is 3.67. The van der Waals surface area contributed by atoms with Gasteiger partial charge in [-0.3, -0.25) is 9.59 Å². The summed E-state index contributed by atoms with van der Waals surface area (Å²) in [6, 6.07) is 15.8. The van der Waals surface area contributed by atoms with E-state index in [-0.39, 0.29) is 5.78 Å². The largest absolute Gasteiger partial charge is 0.453 e. The number of aryl methyl sites for hydroxylation is 1. The van der Waals surface area contributed by atoms with Gasteiger partial charge in [0.05, 0.1) is 0 Å². The Morgan fingerprint density at radius 2 is 1.70 bits per heavy atom. The van der Waals surface area contributed by atoms with Gasteiger partial charge in [0.25, 0.3) is 0 Å². The number of nitrogens with one attached hydrogen (secondary N) is 1. The van der Waals surface area contributed by atoms with E-state index < -0.39 is 28.6 Å². The molecule has 0 fully saturated rings. The molecule has 6 nitrogen and oxygen atoms in total. The molecule has 0 aliphatic carbocycles. The van der Waals surface area contributed by atoms with Crippen LogP contribution in [0.4, 0.5) is 0 Å². The fourth-order valence-electron chi connectivity index (χ4n) is 2.18. The number of hydrogen-bond acceptors (Lipinski definition) is 5. The first-order valence-electron chi connectivity index (χ1n) is 8.30. The van der Waals surface area contributed by atoms with Crippen LogP contribution in [-0.2, 0) is 19.6 Å². The maximum Gasteiger partial charge on any atom is 0.321 e. The Hall–Kier alpha value is -2.77. The summed E-state index contributed by atoms with van der Waals surface area (Å²) < 4.78 is 31.0. The first-order chi connectivity index (χ1) is 12.8. The van der Waals surface area contributed by atoms with Crippen LogP contribution in [0.3, 0.4) is 0 Å². The Kier molecular flexibility index (Phi) is 7.04. The van der Waals surface area contributed by atoms with E-state index in [0.717, 1.165) is 11.0 Å². The second kappa shape index (κ2) is 9.25. The Morgan fingerprint density at radius 3 is 2.33 bits per heavy atom. The molecule has 0 bridgehead atoms. The summed E-state index contributed by atoms with van der Waals surface area (Å²) in [5.41, 5.74) is 2.14. The van der Waals surface area contributed by atoms with Crippen molar-refractivity contribution in [3.05, 3.63) is 76.7 Å². The van der Waals surface area contributed by atoms with Gasteiger partial charge in [-0.05, 0) is 25.5 Å². The summed E-state index contributed by atoms with van der Waals surface area (Å²) in [5, 5.41) is 0.969. The number of carbonyl (C=O) groups is 2. The highest BCUT2D eigenvalue weighted by molar-refractivity contribution is 7.92. The van der Waals surface area contributed by atoms with Crippen molar-refractivity contribution in [3.8, 4) is 0 Å². The second-order valence-corrected chi connectivity index (χ2v) is 7.59. The van der Waals surface area contributed by atoms with Crippen LogP contribution in [0.25, 0.3) is 6.08 Å². The maximum absolute atomic E-state index is 12.2. The van der Waals surface area contributed by atoms with Crippen LogP contribution in [0.15, 0.2) is 60.0 Å². The third-order valence-corrected chi connectivity index (χ3v) is 4.71. The zero-order chi connectivity index (χ0) is 19.9. The minimum absolute atomic E-state index is 0.352. The lowest BCUT2D eigenvalue weighted by Gasteiger charge is -2.12. The predicted molar refractivity (Wildman–Crippen MR) is 103 cm³/mol. The normalized spacial score (nSPS) is 12.7. The summed E-state index contributed by atoms with van der Waals surface area (Å²) >= 11 is 0. The smallest absolute Gasteiger partial charge is 0.321 e. The van der Waals surface area contributed by atoms with E-state index in [1.54, 1.807) is 48.5 Å². The van der Waals surface area contributed by atoms with Gasteiger partial charge in [-0.25, -0.2) is 13.1 Å². The molecular formula is C20H21NO5S. The lowest BCUT2D eigenvalue weighted by Crippen LogP contribution is -2.33. The average Bonchev–Trinajstić information content (AvgIpc) is 2.66. The molecule has 142 valence electrons. The summed E-state index contributed by atoms with van der Waals surface area (Å²) in [7, 11) is -3.80. The first-order valence-corrected chi connectivity index (χ1v) is 9.84. The minimum atomic E-state index is -3.80. The monoisotopic (exact) mass is 387 g/mol. The molecule has 27 heavy (non-hydrogen) atoms. The number of ether oxygens (including phenoxy) is 1. The number of carbonyl (C=O) groups excluding carboxylic acids is 2. The molecule has 2 rings (SSSR count). The van der Waals surface area contributed by atoms with Gasteiger partial charge in [-0.15, -0.1) is 0 Å². The van der Waals surface area contributed by atoms with E-state index in [4.69, 9.17) is 4.74 Å². The van der Waals surface area contributed by atoms with Gasteiger partial charge >= 0.3 is 5.97 Å². The van der Waals surface area contributed by atoms with E-state index >= 15 is 0 Å². The van der Waals surface area contributed by atoms with Crippen LogP contribution in [-0.4, -0.2) is 32.8 Å². The topological polar surface area (TPSA) is 89.5 Å². The first kappa shape index (κ1) is 20.5. The molecule has 1 unspecified atom stereocenters. The predicted octanol–water partition coefficient (Wildman–Crippen LogP) is 2.70. The summed E-state index contributed by atoms with van der Waals surface area (Å²) in [6.45, 7) is 2.78. The molecule has 0 aliphatic rings. The highest BCUT2D eigenvalue weighted by Crippen LogP contribution is 2.08. The molecule has 0 saturated heterocycles. The number of Topliss-reactive ketones (excluding diaryl/α,β-unsaturated/α-hetero) is 1. The molecule has 2 aromatic carbocycles. The van der Waals surface area contributed by atoms with Crippen LogP contribution in [0.2, 0.25) is 0 Å². The quantitative estimate of drug-likeness (QED) is 0.556. The van der Waals surface area contributed by atoms with Gasteiger partial charge < -0.3 is 4.74 Å². The van der Waals surface area contributed by atoms with Crippen molar-refractivity contribution in [1.82, 2.24) is 4.72 Å². The molecule has 0 heterocycles. The van der Waals surface area contributed by atoms with E-state index in [1.807, 2.05) is 13.0 Å². The van der Waals surface area contributed by atoms with Crippen molar-refractivity contribution in [2.75, 3.05) is 6.54 Å². The number of sulfonamides is 1. The van der Waals surface area contributed by atoms with Crippen molar-refractivity contribution in [2.24, 2.45) is 0 Å². The van der Waals surface area contributed by atoms with E-state index in [0.29, 0.717) is 11.1 Å². The van der Waals surface area contributed by atoms with Crippen LogP contribution in [0.1, 0.15) is 28.4 Å². The Bertz CT molecular complexity index is 919. The van der Waals surface area contributed by atoms with E-state index in [1.165, 1.54) is 13.0 Å². The molecule has 0 saturated carbocycles. The molecule has 0 amide bonds. The highest BCUT2D eigenvalue weighted by Gasteiger charge is 2.20. The molecule has 0 spiro atoms. The number of ketones is 1. The maximum atomic E-state index is 12.2. The molecular weight excluding hydrogens is 366 g/mol. The van der Waals surface area contributed by atoms with Gasteiger partial charge in [-0.1, -0.05) is 60.2 Å². The van der Waals surface area contributed by atoms with E-state index in [9.17, 15) is 18.0 Å². The molecule has 1 atom stereocenters. The lowest BCUT2D eigenvalue weighted by atomic mass is 10.1. The zero-order valence-corrected chi connectivity index (χ0v) is 15.9. The van der Waals surface area contributed by atoms with E-state index in [2.05, 4.69) is 4.72 Å². The third kappa shape index (κ3) is 6.80. The van der Waals surface area contributed by atoms with Crippen LogP contribution in [0.5, 0.6) is 0 Å². The lowest BCUT2D eigenvalue weighted by molar-refractivity contribution is -0.144. The number of benzene rings is 2. The fourth-order valence-corrected chi connectivity index (χ4v) is 2.94. The number of esters is 1. The number of hydrogen-bond donors (Lipinski definition) is 1. The molecule has 0 aliphatic heterocycles. The summed E-state index contributed by atoms with van der Waals surface area (Å²) in [6.07, 6.45) is 0.404. The van der Waals surface area contributed by atoms with Crippen molar-refractivity contribution in [2.45, 2.75) is 20.0 Å². The Labute approximate surface area is 158 Å². The molecule has 0 aromatic heterocycles. The van der Waals surface area contributed by atoms with Crippen molar-refractivity contribution < 1.29 is 22.7 Å². The van der Waals surface area contributed by atoms with Gasteiger partial charge in [0.1, 0.15) is 6.54 Å². The van der Waals surface area contributed by atoms with Crippen LogP contribution >= 0.6 is 0 Å². The summed E-state index contributed by atoms with van der Waals surface area (Å²) in [4.78, 5) is 24.1. The van der Waals surface area contributed by atoms with Crippen molar-refractivity contribution >= 4 is 27.9 Å². The van der Waals surface area contributed by atoms with Crippen molar-refractivity contribution in [3.63, 3.8) is 0 Å². The van der Waals surface area contributed by atoms with Gasteiger partial charge in [0.15, 0.2) is 6.10 Å². The van der Waals surface area contributed by atoms with Gasteiger partial charge in [0, 0.05) is 11.0 Å². The van der Waals surface area contributed by atoms with Crippen LogP contribution in [0, 0.1) is 6.92 Å². The number of rotatable bonds is 8. The standard InChI is InChI=1S/C20H21NO5S/c1-15-8-10-18(11-9-15)20(23)16(2)26-19(22)14-21-27(24,25)13-12-17-6-4-3-5-7-17/h3-13,16,21H,14H2,1-2H3/b13-12+. The SMILES string of the molecule is Cc1ccc(C(=O)C(C)OC(=O)CNS(=O)(=O)/C=C/c2ccccc2)cc1. The average molecular weight is 387 g/mol. The Morgan fingerprint density at radius 1 is 1.07 bits per heavy atom. The fraction of sp³-hybridized carbons (Fsp3) is 0.200. The second-order valence-electron chi connectivity index (χ2n) is 5.94. The van der Waals surface area contributed by atoms with Gasteiger partial charge in [-0.2, -0.15) is 0 Å². The zero-order valence-electron chi connectivity index (χ0n) is 15.1. The molecule has 0 radical (unpaired) electrons.